The molecule has 0 radical (unpaired) electrons. The first-order valence-corrected chi connectivity index (χ1v) is 10.2. The monoisotopic (exact) mass is 405 g/mol. The predicted molar refractivity (Wildman–Crippen MR) is 110 cm³/mol. The van der Waals surface area contributed by atoms with Crippen molar-refractivity contribution >= 4 is 23.0 Å². The Morgan fingerprint density at radius 1 is 1.10 bits per heavy atom. The van der Waals surface area contributed by atoms with Gasteiger partial charge < -0.3 is 10.0 Å². The highest BCUT2D eigenvalue weighted by Crippen LogP contribution is 2.33. The minimum Gasteiger partial charge on any atom is -0.392 e. The molecule has 0 spiro atoms. The summed E-state index contributed by atoms with van der Waals surface area (Å²) in [5.41, 5.74) is 5.28. The third-order valence-corrected chi connectivity index (χ3v) is 5.97. The number of benzene rings is 2. The van der Waals surface area contributed by atoms with Gasteiger partial charge in [-0.3, -0.25) is 9.69 Å². The predicted octanol–water partition coefficient (Wildman–Crippen LogP) is 2.39. The number of imide groups is 1. The Balaban J connectivity index is 1.41. The minimum absolute atomic E-state index is 0.110. The number of aliphatic hydroxyl groups excluding tert-OH is 1. The Hall–Kier alpha value is -3.26. The van der Waals surface area contributed by atoms with Crippen LogP contribution in [0.2, 0.25) is 0 Å². The second-order valence-corrected chi connectivity index (χ2v) is 8.12. The quantitative estimate of drug-likeness (QED) is 0.636. The largest absolute Gasteiger partial charge is 0.392 e. The summed E-state index contributed by atoms with van der Waals surface area (Å²) >= 11 is 0. The van der Waals surface area contributed by atoms with Crippen LogP contribution in [-0.2, 0) is 24.5 Å². The topological polar surface area (TPSA) is 91.6 Å². The zero-order chi connectivity index (χ0) is 20.8. The van der Waals surface area contributed by atoms with Gasteiger partial charge in [0.25, 0.3) is 0 Å². The van der Waals surface area contributed by atoms with Gasteiger partial charge in [-0.2, -0.15) is 0 Å². The number of fused-ring (bicyclic) bond motifs is 1. The van der Waals surface area contributed by atoms with Gasteiger partial charge in [-0.25, -0.2) is 9.48 Å². The number of aromatic nitrogens is 3. The first kappa shape index (κ1) is 18.7. The second-order valence-electron chi connectivity index (χ2n) is 8.12. The van der Waals surface area contributed by atoms with Gasteiger partial charge in [-0.15, -0.1) is 5.10 Å². The minimum atomic E-state index is -0.272. The Labute approximate surface area is 173 Å². The van der Waals surface area contributed by atoms with Gasteiger partial charge in [-0.1, -0.05) is 35.5 Å². The van der Waals surface area contributed by atoms with E-state index in [1.54, 1.807) is 0 Å². The van der Waals surface area contributed by atoms with Crippen LogP contribution < -0.4 is 0 Å². The highest BCUT2D eigenvalue weighted by Gasteiger charge is 2.32. The van der Waals surface area contributed by atoms with Crippen LogP contribution >= 0.6 is 0 Å². The smallest absolute Gasteiger partial charge is 0.327 e. The average molecular weight is 405 g/mol. The van der Waals surface area contributed by atoms with Crippen LogP contribution in [0.3, 0.4) is 0 Å². The molecule has 30 heavy (non-hydrogen) atoms. The summed E-state index contributed by atoms with van der Waals surface area (Å²) in [5, 5.41) is 18.7. The third kappa shape index (κ3) is 3.23. The highest BCUT2D eigenvalue weighted by molar-refractivity contribution is 6.01. The van der Waals surface area contributed by atoms with E-state index in [2.05, 4.69) is 10.3 Å². The highest BCUT2D eigenvalue weighted by atomic mass is 16.3. The molecular weight excluding hydrogens is 382 g/mol. The molecule has 1 saturated heterocycles. The molecule has 2 aromatic carbocycles. The molecule has 0 atom stereocenters. The van der Waals surface area contributed by atoms with Crippen molar-refractivity contribution in [3.63, 3.8) is 0 Å². The molecule has 2 fully saturated rings. The number of aliphatic hydroxyl groups is 1. The third-order valence-electron chi connectivity index (χ3n) is 5.97. The maximum atomic E-state index is 12.1. The molecule has 2 aliphatic rings. The summed E-state index contributed by atoms with van der Waals surface area (Å²) in [4.78, 5) is 26.4. The van der Waals surface area contributed by atoms with E-state index in [4.69, 9.17) is 0 Å². The number of carbonyl (C=O) groups excluding carboxylic acids is 2. The van der Waals surface area contributed by atoms with Crippen molar-refractivity contribution in [2.24, 2.45) is 5.92 Å². The normalized spacial score (nSPS) is 16.9. The van der Waals surface area contributed by atoms with Crippen LogP contribution in [0.1, 0.15) is 24.0 Å². The molecule has 8 heteroatoms. The van der Waals surface area contributed by atoms with Crippen molar-refractivity contribution < 1.29 is 14.7 Å². The molecule has 5 rings (SSSR count). The van der Waals surface area contributed by atoms with E-state index in [1.165, 1.54) is 24.8 Å². The van der Waals surface area contributed by atoms with E-state index < -0.39 is 0 Å². The van der Waals surface area contributed by atoms with Crippen molar-refractivity contribution in [3.8, 4) is 11.1 Å². The van der Waals surface area contributed by atoms with Gasteiger partial charge in [0.15, 0.2) is 0 Å². The Bertz CT molecular complexity index is 1130. The summed E-state index contributed by atoms with van der Waals surface area (Å²) in [5.74, 6) is 0.504. The van der Waals surface area contributed by atoms with Crippen LogP contribution in [0.4, 0.5) is 4.79 Å². The SMILES string of the molecule is CN1C(=O)CN(Cc2ccc(-c3ccc4c(nnn4CC4CC4)c3CO)cc2)C1=O. The van der Waals surface area contributed by atoms with Crippen LogP contribution in [0.15, 0.2) is 36.4 Å². The lowest BCUT2D eigenvalue weighted by Gasteiger charge is -2.15. The maximum Gasteiger partial charge on any atom is 0.327 e. The van der Waals surface area contributed by atoms with Gasteiger partial charge in [0.05, 0.1) is 12.1 Å². The van der Waals surface area contributed by atoms with Crippen LogP contribution in [-0.4, -0.2) is 55.4 Å². The Morgan fingerprint density at radius 3 is 2.50 bits per heavy atom. The van der Waals surface area contributed by atoms with E-state index in [1.807, 2.05) is 41.1 Å². The molecule has 2 heterocycles. The molecular formula is C22H23N5O3. The molecule has 1 aliphatic heterocycles. The van der Waals surface area contributed by atoms with E-state index in [0.717, 1.165) is 44.7 Å². The summed E-state index contributed by atoms with van der Waals surface area (Å²) in [6.07, 6.45) is 2.48. The van der Waals surface area contributed by atoms with Crippen molar-refractivity contribution in [2.75, 3.05) is 13.6 Å². The zero-order valence-electron chi connectivity index (χ0n) is 16.8. The van der Waals surface area contributed by atoms with Crippen LogP contribution in [0, 0.1) is 5.92 Å². The molecule has 3 aromatic rings. The number of nitrogens with zero attached hydrogens (tertiary/aromatic N) is 5. The first-order valence-electron chi connectivity index (χ1n) is 10.2. The Kier molecular flexibility index (Phi) is 4.51. The van der Waals surface area contributed by atoms with Crippen molar-refractivity contribution in [1.82, 2.24) is 24.8 Å². The number of carbonyl (C=O) groups is 2. The second kappa shape index (κ2) is 7.21. The number of likely N-dealkylation sites (N-methyl/N-ethyl adjacent to an activating group) is 1. The molecule has 0 bridgehead atoms. The maximum absolute atomic E-state index is 12.1. The lowest BCUT2D eigenvalue weighted by molar-refractivity contribution is -0.124. The van der Waals surface area contributed by atoms with Crippen molar-refractivity contribution in [2.45, 2.75) is 32.5 Å². The van der Waals surface area contributed by atoms with Crippen LogP contribution in [0.5, 0.6) is 0 Å². The van der Waals surface area contributed by atoms with E-state index >= 15 is 0 Å². The molecule has 1 aliphatic carbocycles. The van der Waals surface area contributed by atoms with Gasteiger partial charge >= 0.3 is 6.03 Å². The molecule has 0 unspecified atom stereocenters. The number of hydrogen-bond acceptors (Lipinski definition) is 5. The van der Waals surface area contributed by atoms with Crippen molar-refractivity contribution in [1.29, 1.82) is 0 Å². The number of hydrogen-bond donors (Lipinski definition) is 1. The van der Waals surface area contributed by atoms with Gasteiger partial charge in [-0.05, 0) is 41.5 Å². The van der Waals surface area contributed by atoms with E-state index in [9.17, 15) is 14.7 Å². The summed E-state index contributed by atoms with van der Waals surface area (Å²) in [6.45, 7) is 1.26. The number of rotatable bonds is 6. The molecule has 8 nitrogen and oxygen atoms in total. The van der Waals surface area contributed by atoms with Gasteiger partial charge in [0, 0.05) is 25.7 Å². The zero-order valence-corrected chi connectivity index (χ0v) is 16.8. The summed E-state index contributed by atoms with van der Waals surface area (Å²) in [6, 6.07) is 11.6. The standard InChI is InChI=1S/C22H23N5O3/c1-25-20(29)12-26(22(25)30)10-14-4-6-16(7-5-14)17-8-9-19-21(18(17)13-28)23-24-27(19)11-15-2-3-15/h4-9,15,28H,2-3,10-13H2,1H3. The van der Waals surface area contributed by atoms with Crippen molar-refractivity contribution in [3.05, 3.63) is 47.5 Å². The molecule has 1 aromatic heterocycles. The molecule has 3 amide bonds. The van der Waals surface area contributed by atoms with Gasteiger partial charge in [0.1, 0.15) is 12.1 Å². The average Bonchev–Trinajstić information content (AvgIpc) is 3.44. The summed E-state index contributed by atoms with van der Waals surface area (Å²) in [7, 11) is 1.50. The first-order chi connectivity index (χ1) is 14.5. The fourth-order valence-corrected chi connectivity index (χ4v) is 3.99. The molecule has 1 saturated carbocycles. The molecule has 154 valence electrons. The number of amides is 3. The lowest BCUT2D eigenvalue weighted by Crippen LogP contribution is -2.29. The fraction of sp³-hybridized carbons (Fsp3) is 0.364. The van der Waals surface area contributed by atoms with Gasteiger partial charge in [0.2, 0.25) is 5.91 Å². The lowest BCUT2D eigenvalue weighted by atomic mass is 9.97. The van der Waals surface area contributed by atoms with E-state index in [-0.39, 0.29) is 25.1 Å². The fourth-order valence-electron chi connectivity index (χ4n) is 3.99. The number of urea groups is 1. The summed E-state index contributed by atoms with van der Waals surface area (Å²) < 4.78 is 1.93. The Morgan fingerprint density at radius 2 is 1.87 bits per heavy atom. The van der Waals surface area contributed by atoms with E-state index in [0.29, 0.717) is 12.5 Å². The van der Waals surface area contributed by atoms with Crippen LogP contribution in [0.25, 0.3) is 22.2 Å². The molecule has 1 N–H and O–H groups in total.